The Kier molecular flexibility index (Phi) is 3.88. The van der Waals surface area contributed by atoms with Gasteiger partial charge in [0.1, 0.15) is 0 Å². The maximum atomic E-state index is 10.8. The molecule has 0 aliphatic rings. The Bertz CT molecular complexity index is 196. The Balaban J connectivity index is 3.95. The Morgan fingerprint density at radius 1 is 1.36 bits per heavy atom. The van der Waals surface area contributed by atoms with Gasteiger partial charge in [-0.3, -0.25) is 9.59 Å². The second-order valence-corrected chi connectivity index (χ2v) is 2.04. The summed E-state index contributed by atoms with van der Waals surface area (Å²) in [6.07, 6.45) is 2.29. The average molecular weight is 153 g/mol. The van der Waals surface area contributed by atoms with Crippen molar-refractivity contribution in [3.8, 4) is 0 Å². The van der Waals surface area contributed by atoms with Gasteiger partial charge in [-0.05, 0) is 19.1 Å². The molecule has 0 aliphatic heterocycles. The molecule has 0 aliphatic carbocycles. The number of rotatable bonds is 4. The first-order chi connectivity index (χ1) is 5.11. The first-order valence-electron chi connectivity index (χ1n) is 3.21. The van der Waals surface area contributed by atoms with Gasteiger partial charge in [-0.25, -0.2) is 0 Å². The number of ketones is 1. The Morgan fingerprint density at radius 2 is 1.91 bits per heavy atom. The van der Waals surface area contributed by atoms with E-state index >= 15 is 0 Å². The first-order valence-corrected chi connectivity index (χ1v) is 3.21. The van der Waals surface area contributed by atoms with Crippen molar-refractivity contribution in [2.45, 2.75) is 13.0 Å². The van der Waals surface area contributed by atoms with E-state index in [1.165, 1.54) is 6.08 Å². The number of carbonyl (C=O) groups excluding carboxylic acids is 2. The normalized spacial score (nSPS) is 11.4. The lowest BCUT2D eigenvalue weighted by Gasteiger charge is -2.07. The van der Waals surface area contributed by atoms with E-state index in [9.17, 15) is 9.59 Å². The molecule has 0 aromatic rings. The topological polar surface area (TPSA) is 46.2 Å². The van der Waals surface area contributed by atoms with E-state index in [1.54, 1.807) is 6.92 Å². The fraction of sp³-hybridized carbons (Fsp3) is 0.250. The molecule has 0 spiro atoms. The van der Waals surface area contributed by atoms with Crippen molar-refractivity contribution in [3.63, 3.8) is 0 Å². The molecule has 0 rings (SSSR count). The summed E-state index contributed by atoms with van der Waals surface area (Å²) in [5.74, 6) is -0.562. The molecule has 3 nitrogen and oxygen atoms in total. The Labute approximate surface area is 65.8 Å². The van der Waals surface area contributed by atoms with Crippen molar-refractivity contribution < 1.29 is 9.59 Å². The van der Waals surface area contributed by atoms with E-state index in [0.29, 0.717) is 0 Å². The Hall–Kier alpha value is -1.38. The van der Waals surface area contributed by atoms with Gasteiger partial charge >= 0.3 is 0 Å². The quantitative estimate of drug-likeness (QED) is 0.595. The van der Waals surface area contributed by atoms with Crippen LogP contribution in [0.5, 0.6) is 0 Å². The van der Waals surface area contributed by atoms with Gasteiger partial charge in [0.05, 0.1) is 6.04 Å². The average Bonchev–Trinajstić information content (AvgIpc) is 2.02. The lowest BCUT2D eigenvalue weighted by Crippen LogP contribution is -2.36. The predicted molar refractivity (Wildman–Crippen MR) is 43.0 cm³/mol. The third kappa shape index (κ3) is 3.35. The minimum absolute atomic E-state index is 0.208. The van der Waals surface area contributed by atoms with Gasteiger partial charge in [0.15, 0.2) is 5.78 Å². The summed E-state index contributed by atoms with van der Waals surface area (Å²) >= 11 is 0. The summed E-state index contributed by atoms with van der Waals surface area (Å²) in [6.45, 7) is 8.13. The smallest absolute Gasteiger partial charge is 0.243 e. The number of nitrogens with one attached hydrogen (secondary N) is 1. The van der Waals surface area contributed by atoms with Gasteiger partial charge in [0, 0.05) is 0 Å². The molecule has 0 radical (unpaired) electrons. The zero-order valence-corrected chi connectivity index (χ0v) is 6.46. The van der Waals surface area contributed by atoms with E-state index in [0.717, 1.165) is 6.08 Å². The van der Waals surface area contributed by atoms with Crippen LogP contribution in [-0.2, 0) is 9.59 Å². The summed E-state index contributed by atoms with van der Waals surface area (Å²) < 4.78 is 0. The molecule has 0 saturated heterocycles. The highest BCUT2D eigenvalue weighted by Crippen LogP contribution is 1.85. The number of hydrogen-bond acceptors (Lipinski definition) is 2. The molecule has 1 N–H and O–H groups in total. The second kappa shape index (κ2) is 4.44. The maximum absolute atomic E-state index is 10.8. The van der Waals surface area contributed by atoms with Crippen molar-refractivity contribution in [1.82, 2.24) is 5.32 Å². The molecule has 1 atom stereocenters. The van der Waals surface area contributed by atoms with Crippen LogP contribution in [0.3, 0.4) is 0 Å². The molecule has 0 aromatic carbocycles. The van der Waals surface area contributed by atoms with Gasteiger partial charge in [-0.15, -0.1) is 0 Å². The zero-order chi connectivity index (χ0) is 8.85. The van der Waals surface area contributed by atoms with Crippen LogP contribution in [-0.4, -0.2) is 17.7 Å². The van der Waals surface area contributed by atoms with Crippen LogP contribution in [0.15, 0.2) is 25.3 Å². The summed E-state index contributed by atoms with van der Waals surface area (Å²) in [5, 5.41) is 2.40. The van der Waals surface area contributed by atoms with Crippen molar-refractivity contribution in [3.05, 3.63) is 25.3 Å². The number of amides is 1. The van der Waals surface area contributed by atoms with Crippen LogP contribution in [0.1, 0.15) is 6.92 Å². The third-order valence-electron chi connectivity index (χ3n) is 1.17. The molecule has 1 amide bonds. The summed E-state index contributed by atoms with van der Waals surface area (Å²) in [4.78, 5) is 21.4. The van der Waals surface area contributed by atoms with E-state index in [4.69, 9.17) is 0 Å². The maximum Gasteiger partial charge on any atom is 0.243 e. The first kappa shape index (κ1) is 9.62. The standard InChI is InChI=1S/C8H11NO2/c1-4-7(10)6(3)9-8(11)5-2/h4-6H,1-2H2,3H3,(H,9,11). The van der Waals surface area contributed by atoms with Gasteiger partial charge in [0.2, 0.25) is 5.91 Å². The minimum Gasteiger partial charge on any atom is -0.343 e. The fourth-order valence-electron chi connectivity index (χ4n) is 0.520. The van der Waals surface area contributed by atoms with Crippen molar-refractivity contribution in [2.75, 3.05) is 0 Å². The van der Waals surface area contributed by atoms with Gasteiger partial charge < -0.3 is 5.32 Å². The highest BCUT2D eigenvalue weighted by molar-refractivity contribution is 5.97. The van der Waals surface area contributed by atoms with Gasteiger partial charge in [0.25, 0.3) is 0 Å². The minimum atomic E-state index is -0.516. The summed E-state index contributed by atoms with van der Waals surface area (Å²) in [5.41, 5.74) is 0. The van der Waals surface area contributed by atoms with Crippen molar-refractivity contribution >= 4 is 11.7 Å². The summed E-state index contributed by atoms with van der Waals surface area (Å²) in [7, 11) is 0. The number of carbonyl (C=O) groups is 2. The SMILES string of the molecule is C=CC(=O)NC(C)C(=O)C=C. The van der Waals surface area contributed by atoms with Crippen molar-refractivity contribution in [2.24, 2.45) is 0 Å². The third-order valence-corrected chi connectivity index (χ3v) is 1.17. The lowest BCUT2D eigenvalue weighted by molar-refractivity contribution is -0.122. The fourth-order valence-corrected chi connectivity index (χ4v) is 0.520. The van der Waals surface area contributed by atoms with Gasteiger partial charge in [-0.1, -0.05) is 13.2 Å². The van der Waals surface area contributed by atoms with E-state index in [1.807, 2.05) is 0 Å². The molecular formula is C8H11NO2. The Morgan fingerprint density at radius 3 is 2.27 bits per heavy atom. The van der Waals surface area contributed by atoms with Crippen LogP contribution in [0.2, 0.25) is 0 Å². The van der Waals surface area contributed by atoms with E-state index < -0.39 is 6.04 Å². The highest BCUT2D eigenvalue weighted by atomic mass is 16.2. The molecule has 3 heteroatoms. The molecule has 0 saturated carbocycles. The van der Waals surface area contributed by atoms with Crippen LogP contribution in [0.4, 0.5) is 0 Å². The molecule has 0 fully saturated rings. The molecule has 0 aromatic heterocycles. The summed E-state index contributed by atoms with van der Waals surface area (Å²) in [6, 6.07) is -0.516. The molecule has 0 bridgehead atoms. The van der Waals surface area contributed by atoms with Crippen molar-refractivity contribution in [1.29, 1.82) is 0 Å². The number of hydrogen-bond donors (Lipinski definition) is 1. The largest absolute Gasteiger partial charge is 0.343 e. The van der Waals surface area contributed by atoms with Crippen LogP contribution in [0, 0.1) is 0 Å². The second-order valence-electron chi connectivity index (χ2n) is 2.04. The molecule has 60 valence electrons. The van der Waals surface area contributed by atoms with Crippen LogP contribution in [0.25, 0.3) is 0 Å². The van der Waals surface area contributed by atoms with Crippen LogP contribution < -0.4 is 5.32 Å². The van der Waals surface area contributed by atoms with E-state index in [2.05, 4.69) is 18.5 Å². The molecule has 11 heavy (non-hydrogen) atoms. The predicted octanol–water partition coefficient (Wildman–Crippen LogP) is 0.432. The molecule has 0 heterocycles. The molecular weight excluding hydrogens is 142 g/mol. The van der Waals surface area contributed by atoms with E-state index in [-0.39, 0.29) is 11.7 Å². The monoisotopic (exact) mass is 153 g/mol. The highest BCUT2D eigenvalue weighted by Gasteiger charge is 2.09. The van der Waals surface area contributed by atoms with Gasteiger partial charge in [-0.2, -0.15) is 0 Å². The lowest BCUT2D eigenvalue weighted by atomic mass is 10.2. The zero-order valence-electron chi connectivity index (χ0n) is 6.46. The molecule has 1 unspecified atom stereocenters. The van der Waals surface area contributed by atoms with Crippen LogP contribution >= 0.6 is 0 Å².